The number of benzene rings is 4. The maximum atomic E-state index is 14.5. The monoisotopic (exact) mass is 518 g/mol. The van der Waals surface area contributed by atoms with Crippen molar-refractivity contribution in [2.45, 2.75) is 17.6 Å². The summed E-state index contributed by atoms with van der Waals surface area (Å²) in [6.07, 6.45) is -1.18. The van der Waals surface area contributed by atoms with Crippen LogP contribution in [0.25, 0.3) is 0 Å². The summed E-state index contributed by atoms with van der Waals surface area (Å²) < 4.78 is 6.64. The van der Waals surface area contributed by atoms with E-state index in [0.717, 1.165) is 0 Å². The van der Waals surface area contributed by atoms with Crippen molar-refractivity contribution in [3.8, 4) is 0 Å². The predicted octanol–water partition coefficient (Wildman–Crippen LogP) is 6.08. The zero-order valence-electron chi connectivity index (χ0n) is 19.9. The average Bonchev–Trinajstić information content (AvgIpc) is 3.48. The normalized spacial score (nSPS) is 22.3. The molecule has 0 unspecified atom stereocenters. The Morgan fingerprint density at radius 3 is 1.47 bits per heavy atom. The van der Waals surface area contributed by atoms with Gasteiger partial charge in [0.05, 0.1) is 5.92 Å². The molecule has 2 spiro atoms. The molecule has 2 aliphatic carbocycles. The molecule has 5 nitrogen and oxygen atoms in total. The number of fused-ring (bicyclic) bond motifs is 2. The molecular weight excluding hydrogens is 500 g/mol. The lowest BCUT2D eigenvalue weighted by Gasteiger charge is -2.34. The van der Waals surface area contributed by atoms with Crippen LogP contribution in [0.1, 0.15) is 64.6 Å². The number of hydrogen-bond acceptors (Lipinski definition) is 5. The Balaban J connectivity index is 1.59. The number of halogens is 1. The second-order valence-corrected chi connectivity index (χ2v) is 10.3. The van der Waals surface area contributed by atoms with E-state index in [2.05, 4.69) is 0 Å². The minimum atomic E-state index is -2.11. The fourth-order valence-electron chi connectivity index (χ4n) is 6.61. The number of Topliss-reactive ketones (excluding diaryl/α,β-unsaturated/α-hetero) is 4. The highest BCUT2D eigenvalue weighted by Gasteiger charge is 2.79. The summed E-state index contributed by atoms with van der Waals surface area (Å²) in [5.41, 5.74) is -2.04. The summed E-state index contributed by atoms with van der Waals surface area (Å²) in [5.74, 6) is -3.24. The van der Waals surface area contributed by atoms with Crippen LogP contribution in [-0.2, 0) is 4.74 Å². The average molecular weight is 519 g/mol. The first-order valence-corrected chi connectivity index (χ1v) is 12.7. The number of rotatable bonds is 2. The second-order valence-electron chi connectivity index (χ2n) is 9.91. The number of ether oxygens (including phenoxy) is 1. The molecule has 1 aliphatic heterocycles. The lowest BCUT2D eigenvalue weighted by Crippen LogP contribution is -2.51. The van der Waals surface area contributed by atoms with Gasteiger partial charge in [-0.25, -0.2) is 0 Å². The fraction of sp³-hybridized carbons (Fsp3) is 0.125. The molecule has 0 bridgehead atoms. The van der Waals surface area contributed by atoms with Gasteiger partial charge in [0.15, 0.2) is 11.6 Å². The minimum Gasteiger partial charge on any atom is -0.348 e. The first-order valence-electron chi connectivity index (χ1n) is 12.3. The van der Waals surface area contributed by atoms with Crippen molar-refractivity contribution >= 4 is 34.7 Å². The van der Waals surface area contributed by atoms with E-state index < -0.39 is 46.2 Å². The van der Waals surface area contributed by atoms with Crippen molar-refractivity contribution in [3.63, 3.8) is 0 Å². The Hall–Kier alpha value is -4.19. The number of carbonyl (C=O) groups is 4. The first-order chi connectivity index (χ1) is 18.4. The van der Waals surface area contributed by atoms with Crippen molar-refractivity contribution in [2.24, 2.45) is 5.41 Å². The summed E-state index contributed by atoms with van der Waals surface area (Å²) in [7, 11) is 0. The van der Waals surface area contributed by atoms with Gasteiger partial charge in [-0.15, -0.1) is 0 Å². The van der Waals surface area contributed by atoms with Crippen LogP contribution < -0.4 is 0 Å². The number of carbonyl (C=O) groups excluding carboxylic acids is 4. The van der Waals surface area contributed by atoms with Gasteiger partial charge in [-0.2, -0.15) is 0 Å². The van der Waals surface area contributed by atoms with E-state index in [0.29, 0.717) is 16.1 Å². The molecule has 4 aromatic rings. The van der Waals surface area contributed by atoms with Crippen molar-refractivity contribution in [2.75, 3.05) is 0 Å². The third-order valence-corrected chi connectivity index (χ3v) is 8.40. The second kappa shape index (κ2) is 7.90. The van der Waals surface area contributed by atoms with Crippen molar-refractivity contribution in [1.29, 1.82) is 0 Å². The molecule has 1 heterocycles. The fourth-order valence-corrected chi connectivity index (χ4v) is 6.74. The zero-order valence-corrected chi connectivity index (χ0v) is 20.6. The molecule has 0 radical (unpaired) electrons. The third-order valence-electron chi connectivity index (χ3n) is 8.14. The topological polar surface area (TPSA) is 77.5 Å². The molecule has 38 heavy (non-hydrogen) atoms. The first kappa shape index (κ1) is 23.0. The molecule has 4 aromatic carbocycles. The molecular formula is C32H19ClO5. The van der Waals surface area contributed by atoms with E-state index in [1.807, 2.05) is 6.07 Å². The van der Waals surface area contributed by atoms with Gasteiger partial charge in [0, 0.05) is 27.3 Å². The Kier molecular flexibility index (Phi) is 4.78. The van der Waals surface area contributed by atoms with E-state index in [9.17, 15) is 19.2 Å². The van der Waals surface area contributed by atoms with Gasteiger partial charge >= 0.3 is 0 Å². The summed E-state index contributed by atoms with van der Waals surface area (Å²) in [6.45, 7) is 0. The van der Waals surface area contributed by atoms with Crippen LogP contribution in [0.3, 0.4) is 0 Å². The van der Waals surface area contributed by atoms with Crippen molar-refractivity contribution < 1.29 is 23.9 Å². The molecule has 2 atom stereocenters. The minimum absolute atomic E-state index is 0.218. The van der Waals surface area contributed by atoms with E-state index in [4.69, 9.17) is 16.3 Å². The lowest BCUT2D eigenvalue weighted by molar-refractivity contribution is -0.0210. The van der Waals surface area contributed by atoms with E-state index in [-0.39, 0.29) is 22.3 Å². The molecule has 0 N–H and O–H groups in total. The summed E-state index contributed by atoms with van der Waals surface area (Å²) >= 11 is 6.21. The Morgan fingerprint density at radius 2 is 0.974 bits per heavy atom. The van der Waals surface area contributed by atoms with Gasteiger partial charge in [-0.1, -0.05) is 103 Å². The van der Waals surface area contributed by atoms with E-state index in [1.54, 1.807) is 97.1 Å². The van der Waals surface area contributed by atoms with E-state index in [1.165, 1.54) is 0 Å². The summed E-state index contributed by atoms with van der Waals surface area (Å²) in [4.78, 5) is 57.7. The Labute approximate surface area is 223 Å². The third kappa shape index (κ3) is 2.65. The summed E-state index contributed by atoms with van der Waals surface area (Å²) in [5, 5.41) is 0.440. The van der Waals surface area contributed by atoms with E-state index >= 15 is 0 Å². The van der Waals surface area contributed by atoms with Gasteiger partial charge in [0.25, 0.3) is 0 Å². The Bertz CT molecular complexity index is 1620. The SMILES string of the molecule is O=C1c2ccccc2C(=O)C12O[C@H](c1ccccc1)C1(C(=O)c3ccccc3C1=O)[C@@H]2c1ccc(Cl)cc1. The standard InChI is InChI=1S/C32H19ClO5/c33-20-16-14-18(15-17-20)25-31(26(34)21-10-4-5-11-22(21)27(31)35)30(19-8-2-1-3-9-19)38-32(25)28(36)23-12-6-7-13-24(23)29(32)37/h1-17,25,30H/t25-,30+/m0/s1. The van der Waals surface area contributed by atoms with Gasteiger partial charge < -0.3 is 4.74 Å². The van der Waals surface area contributed by atoms with Crippen LogP contribution in [0, 0.1) is 5.41 Å². The maximum absolute atomic E-state index is 14.5. The van der Waals surface area contributed by atoms with Crippen LogP contribution in [0.4, 0.5) is 0 Å². The smallest absolute Gasteiger partial charge is 0.204 e. The lowest BCUT2D eigenvalue weighted by atomic mass is 9.60. The van der Waals surface area contributed by atoms with Gasteiger partial charge in [0.1, 0.15) is 11.5 Å². The van der Waals surface area contributed by atoms with Crippen LogP contribution >= 0.6 is 11.6 Å². The molecule has 0 amide bonds. The number of ketones is 4. The number of hydrogen-bond donors (Lipinski definition) is 0. The molecule has 1 saturated heterocycles. The van der Waals surface area contributed by atoms with Crippen LogP contribution in [0.15, 0.2) is 103 Å². The van der Waals surface area contributed by atoms with Gasteiger partial charge in [-0.3, -0.25) is 19.2 Å². The molecule has 0 saturated carbocycles. The molecule has 1 fully saturated rings. The molecule has 184 valence electrons. The quantitative estimate of drug-likeness (QED) is 0.301. The Morgan fingerprint density at radius 1 is 0.526 bits per heavy atom. The van der Waals surface area contributed by atoms with Crippen LogP contribution in [0.5, 0.6) is 0 Å². The van der Waals surface area contributed by atoms with Crippen LogP contribution in [0.2, 0.25) is 5.02 Å². The van der Waals surface area contributed by atoms with Gasteiger partial charge in [-0.05, 0) is 23.3 Å². The molecule has 6 heteroatoms. The predicted molar refractivity (Wildman–Crippen MR) is 140 cm³/mol. The van der Waals surface area contributed by atoms with Gasteiger partial charge in [0.2, 0.25) is 17.2 Å². The van der Waals surface area contributed by atoms with Crippen LogP contribution in [-0.4, -0.2) is 28.7 Å². The molecule has 7 rings (SSSR count). The molecule has 3 aliphatic rings. The highest BCUT2D eigenvalue weighted by Crippen LogP contribution is 2.67. The zero-order chi connectivity index (χ0) is 26.2. The summed E-state index contributed by atoms with van der Waals surface area (Å²) in [6, 6.07) is 28.6. The maximum Gasteiger partial charge on any atom is 0.204 e. The highest BCUT2D eigenvalue weighted by molar-refractivity contribution is 6.37. The van der Waals surface area contributed by atoms with Crippen molar-refractivity contribution in [3.05, 3.63) is 142 Å². The van der Waals surface area contributed by atoms with Crippen molar-refractivity contribution in [1.82, 2.24) is 0 Å². The molecule has 0 aromatic heterocycles. The highest BCUT2D eigenvalue weighted by atomic mass is 35.5. The largest absolute Gasteiger partial charge is 0.348 e.